The topological polar surface area (TPSA) is 15.3 Å². The van der Waals surface area contributed by atoms with Crippen molar-refractivity contribution in [3.63, 3.8) is 0 Å². The van der Waals surface area contributed by atoms with E-state index in [-0.39, 0.29) is 0 Å². The lowest BCUT2D eigenvalue weighted by Crippen LogP contribution is -2.47. The van der Waals surface area contributed by atoms with E-state index in [4.69, 9.17) is 0 Å². The molecule has 0 aromatic heterocycles. The molecule has 1 N–H and O–H groups in total. The normalized spacial score (nSPS) is 21.5. The molecule has 104 valence electrons. The lowest BCUT2D eigenvalue weighted by atomic mass is 9.96. The van der Waals surface area contributed by atoms with E-state index in [1.165, 1.54) is 31.5 Å². The van der Waals surface area contributed by atoms with Gasteiger partial charge in [0.25, 0.3) is 0 Å². The number of nitrogens with one attached hydrogen (secondary N) is 1. The minimum atomic E-state index is 0.584. The van der Waals surface area contributed by atoms with Gasteiger partial charge in [0, 0.05) is 18.6 Å². The van der Waals surface area contributed by atoms with Crippen LogP contribution in [0.2, 0.25) is 0 Å². The first kappa shape index (κ1) is 15.5. The molecule has 1 saturated heterocycles. The van der Waals surface area contributed by atoms with E-state index in [0.29, 0.717) is 18.0 Å². The van der Waals surface area contributed by atoms with Crippen molar-refractivity contribution in [3.8, 4) is 0 Å². The number of likely N-dealkylation sites (tertiary alicyclic amines) is 1. The molecule has 0 saturated carbocycles. The second-order valence-electron chi connectivity index (χ2n) is 5.96. The zero-order valence-corrected chi connectivity index (χ0v) is 12.4. The first-order chi connectivity index (χ1) is 8.52. The highest BCUT2D eigenvalue weighted by atomic mass is 15.1. The maximum absolute atomic E-state index is 3.99. The van der Waals surface area contributed by atoms with Crippen molar-refractivity contribution in [1.29, 1.82) is 0 Å². The maximum atomic E-state index is 3.99. The summed E-state index contributed by atoms with van der Waals surface area (Å²) in [6, 6.07) is 1.27. The molecular formula is C16H30N2. The van der Waals surface area contributed by atoms with Crippen LogP contribution < -0.4 is 5.32 Å². The highest BCUT2D eigenvalue weighted by molar-refractivity contribution is 4.93. The second-order valence-corrected chi connectivity index (χ2v) is 5.96. The largest absolute Gasteiger partial charge is 0.311 e. The van der Waals surface area contributed by atoms with Crippen LogP contribution in [-0.4, -0.2) is 36.6 Å². The standard InChI is InChI=1S/C16H30N2/c1-6-7-14(4)15(5)17-16-8-10-18(11-9-16)12-13(2)3/h6,14-17H,1-2,7-12H2,3-5H3. The Bertz CT molecular complexity index is 264. The third-order valence-corrected chi connectivity index (χ3v) is 3.97. The van der Waals surface area contributed by atoms with Crippen LogP contribution in [0.4, 0.5) is 0 Å². The van der Waals surface area contributed by atoms with Gasteiger partial charge in [-0.15, -0.1) is 6.58 Å². The van der Waals surface area contributed by atoms with Crippen molar-refractivity contribution >= 4 is 0 Å². The fraction of sp³-hybridized carbons (Fsp3) is 0.750. The third kappa shape index (κ3) is 5.36. The van der Waals surface area contributed by atoms with Crippen LogP contribution in [-0.2, 0) is 0 Å². The summed E-state index contributed by atoms with van der Waals surface area (Å²) in [5.74, 6) is 0.677. The number of hydrogen-bond acceptors (Lipinski definition) is 2. The molecule has 2 unspecified atom stereocenters. The molecule has 1 aliphatic rings. The zero-order valence-electron chi connectivity index (χ0n) is 12.4. The van der Waals surface area contributed by atoms with E-state index in [1.54, 1.807) is 0 Å². The van der Waals surface area contributed by atoms with Crippen LogP contribution in [0.3, 0.4) is 0 Å². The van der Waals surface area contributed by atoms with Crippen molar-refractivity contribution < 1.29 is 0 Å². The van der Waals surface area contributed by atoms with Gasteiger partial charge in [0.05, 0.1) is 0 Å². The Morgan fingerprint density at radius 3 is 2.50 bits per heavy atom. The molecule has 1 heterocycles. The second kappa shape index (κ2) is 7.75. The van der Waals surface area contributed by atoms with Crippen LogP contribution in [0.15, 0.2) is 24.8 Å². The molecule has 0 radical (unpaired) electrons. The smallest absolute Gasteiger partial charge is 0.0187 e. The first-order valence-corrected chi connectivity index (χ1v) is 7.26. The summed E-state index contributed by atoms with van der Waals surface area (Å²) in [7, 11) is 0. The summed E-state index contributed by atoms with van der Waals surface area (Å²) >= 11 is 0. The molecule has 0 spiro atoms. The quantitative estimate of drug-likeness (QED) is 0.698. The molecule has 0 aliphatic carbocycles. The monoisotopic (exact) mass is 250 g/mol. The average Bonchev–Trinajstić information content (AvgIpc) is 2.31. The minimum Gasteiger partial charge on any atom is -0.311 e. The Kier molecular flexibility index (Phi) is 6.66. The fourth-order valence-corrected chi connectivity index (χ4v) is 2.64. The summed E-state index contributed by atoms with van der Waals surface area (Å²) in [4.78, 5) is 2.51. The molecular weight excluding hydrogens is 220 g/mol. The van der Waals surface area contributed by atoms with Crippen molar-refractivity contribution in [2.24, 2.45) is 5.92 Å². The SMILES string of the molecule is C=CCC(C)C(C)NC1CCN(CC(=C)C)CC1. The van der Waals surface area contributed by atoms with Gasteiger partial charge in [-0.05, 0) is 52.1 Å². The van der Waals surface area contributed by atoms with E-state index in [9.17, 15) is 0 Å². The summed E-state index contributed by atoms with van der Waals surface area (Å²) < 4.78 is 0. The van der Waals surface area contributed by atoms with Crippen LogP contribution in [0.1, 0.15) is 40.0 Å². The van der Waals surface area contributed by atoms with Gasteiger partial charge < -0.3 is 5.32 Å². The number of rotatable bonds is 7. The van der Waals surface area contributed by atoms with E-state index in [1.807, 2.05) is 6.08 Å². The Labute approximate surface area is 113 Å². The van der Waals surface area contributed by atoms with E-state index >= 15 is 0 Å². The Morgan fingerprint density at radius 2 is 2.00 bits per heavy atom. The predicted molar refractivity (Wildman–Crippen MR) is 80.9 cm³/mol. The number of piperidine rings is 1. The van der Waals surface area contributed by atoms with Crippen LogP contribution in [0.5, 0.6) is 0 Å². The van der Waals surface area contributed by atoms with Gasteiger partial charge in [-0.25, -0.2) is 0 Å². The molecule has 2 nitrogen and oxygen atoms in total. The van der Waals surface area contributed by atoms with Gasteiger partial charge in [-0.1, -0.05) is 25.2 Å². The van der Waals surface area contributed by atoms with Gasteiger partial charge in [-0.2, -0.15) is 0 Å². The molecule has 1 aliphatic heterocycles. The molecule has 0 amide bonds. The number of allylic oxidation sites excluding steroid dienone is 1. The number of hydrogen-bond donors (Lipinski definition) is 1. The molecule has 0 bridgehead atoms. The van der Waals surface area contributed by atoms with Crippen molar-refractivity contribution in [2.75, 3.05) is 19.6 Å². The predicted octanol–water partition coefficient (Wildman–Crippen LogP) is 3.22. The van der Waals surface area contributed by atoms with E-state index in [2.05, 4.69) is 44.1 Å². The van der Waals surface area contributed by atoms with Gasteiger partial charge >= 0.3 is 0 Å². The molecule has 18 heavy (non-hydrogen) atoms. The maximum Gasteiger partial charge on any atom is 0.0187 e. The Balaban J connectivity index is 2.26. The van der Waals surface area contributed by atoms with Gasteiger partial charge in [-0.3, -0.25) is 4.90 Å². The van der Waals surface area contributed by atoms with Crippen LogP contribution in [0.25, 0.3) is 0 Å². The van der Waals surface area contributed by atoms with Crippen LogP contribution in [0, 0.1) is 5.92 Å². The zero-order chi connectivity index (χ0) is 13.5. The molecule has 0 aromatic carbocycles. The third-order valence-electron chi connectivity index (χ3n) is 3.97. The van der Waals surface area contributed by atoms with Crippen molar-refractivity contribution in [3.05, 3.63) is 24.8 Å². The summed E-state index contributed by atoms with van der Waals surface area (Å²) in [6.45, 7) is 18.0. The lowest BCUT2D eigenvalue weighted by molar-refractivity contribution is 0.197. The first-order valence-electron chi connectivity index (χ1n) is 7.26. The molecule has 2 atom stereocenters. The minimum absolute atomic E-state index is 0.584. The molecule has 1 fully saturated rings. The van der Waals surface area contributed by atoms with E-state index in [0.717, 1.165) is 13.0 Å². The average molecular weight is 250 g/mol. The number of nitrogens with zero attached hydrogens (tertiary/aromatic N) is 1. The Hall–Kier alpha value is -0.600. The summed E-state index contributed by atoms with van der Waals surface area (Å²) in [5.41, 5.74) is 1.27. The lowest BCUT2D eigenvalue weighted by Gasteiger charge is -2.35. The fourth-order valence-electron chi connectivity index (χ4n) is 2.64. The van der Waals surface area contributed by atoms with Crippen molar-refractivity contribution in [2.45, 2.75) is 52.1 Å². The van der Waals surface area contributed by atoms with Gasteiger partial charge in [0.15, 0.2) is 0 Å². The highest BCUT2D eigenvalue weighted by Gasteiger charge is 2.21. The van der Waals surface area contributed by atoms with Crippen molar-refractivity contribution in [1.82, 2.24) is 10.2 Å². The van der Waals surface area contributed by atoms with Crippen LogP contribution >= 0.6 is 0 Å². The molecule has 2 heteroatoms. The molecule has 0 aromatic rings. The highest BCUT2D eigenvalue weighted by Crippen LogP contribution is 2.15. The Morgan fingerprint density at radius 1 is 1.39 bits per heavy atom. The summed E-state index contributed by atoms with van der Waals surface area (Å²) in [5, 5.41) is 3.78. The molecule has 1 rings (SSSR count). The van der Waals surface area contributed by atoms with E-state index < -0.39 is 0 Å². The summed E-state index contributed by atoms with van der Waals surface area (Å²) in [6.07, 6.45) is 5.65. The van der Waals surface area contributed by atoms with Gasteiger partial charge in [0.2, 0.25) is 0 Å². The van der Waals surface area contributed by atoms with Gasteiger partial charge in [0.1, 0.15) is 0 Å².